The highest BCUT2D eigenvalue weighted by Crippen LogP contribution is 2.31. The standard InChI is InChI=1S/C15H17N3O2S/c16-13(19)9-4-3-5-10(8-9)18-14(20)11-6-1-2-7-12(11)17-15(18)21/h1-2,6-7,9-10H,3-5,8H2,(H2,16,19)(H,17,21)/t9-,10+/m0/s1. The average molecular weight is 303 g/mol. The predicted octanol–water partition coefficient (Wildman–Crippen LogP) is 2.28. The van der Waals surface area contributed by atoms with Crippen LogP contribution in [0.1, 0.15) is 31.7 Å². The molecule has 2 aromatic rings. The number of nitrogens with one attached hydrogen (secondary N) is 1. The lowest BCUT2D eigenvalue weighted by atomic mass is 9.85. The van der Waals surface area contributed by atoms with Gasteiger partial charge in [-0.2, -0.15) is 0 Å². The lowest BCUT2D eigenvalue weighted by Crippen LogP contribution is -2.34. The molecule has 1 amide bonds. The van der Waals surface area contributed by atoms with E-state index in [4.69, 9.17) is 18.0 Å². The fourth-order valence-electron chi connectivity index (χ4n) is 3.16. The number of aromatic nitrogens is 2. The molecule has 1 aromatic carbocycles. The van der Waals surface area contributed by atoms with Crippen LogP contribution in [-0.2, 0) is 4.79 Å². The smallest absolute Gasteiger partial charge is 0.262 e. The van der Waals surface area contributed by atoms with Crippen molar-refractivity contribution < 1.29 is 4.79 Å². The van der Waals surface area contributed by atoms with Crippen molar-refractivity contribution in [2.24, 2.45) is 11.7 Å². The van der Waals surface area contributed by atoms with Crippen LogP contribution in [0, 0.1) is 10.7 Å². The summed E-state index contributed by atoms with van der Waals surface area (Å²) in [4.78, 5) is 27.2. The molecule has 0 radical (unpaired) electrons. The van der Waals surface area contributed by atoms with E-state index in [-0.39, 0.29) is 23.4 Å². The van der Waals surface area contributed by atoms with Crippen LogP contribution >= 0.6 is 12.2 Å². The Balaban J connectivity index is 2.10. The van der Waals surface area contributed by atoms with E-state index in [1.807, 2.05) is 18.2 Å². The maximum Gasteiger partial charge on any atom is 0.262 e. The van der Waals surface area contributed by atoms with Crippen molar-refractivity contribution in [3.05, 3.63) is 39.4 Å². The molecule has 1 aromatic heterocycles. The normalized spacial score (nSPS) is 22.3. The predicted molar refractivity (Wildman–Crippen MR) is 83.6 cm³/mol. The van der Waals surface area contributed by atoms with Gasteiger partial charge in [-0.1, -0.05) is 18.6 Å². The Labute approximate surface area is 126 Å². The number of para-hydroxylation sites is 1. The number of nitrogens with two attached hydrogens (primary N) is 1. The number of H-pyrrole nitrogens is 1. The molecule has 6 heteroatoms. The SMILES string of the molecule is NC(=O)[C@H]1CCC[C@@H](n2c(=S)[nH]c3ccccc3c2=O)C1. The Morgan fingerprint density at radius 1 is 1.33 bits per heavy atom. The summed E-state index contributed by atoms with van der Waals surface area (Å²) >= 11 is 5.34. The van der Waals surface area contributed by atoms with Crippen molar-refractivity contribution >= 4 is 29.0 Å². The van der Waals surface area contributed by atoms with Crippen LogP contribution in [-0.4, -0.2) is 15.5 Å². The lowest BCUT2D eigenvalue weighted by molar-refractivity contribution is -0.123. The zero-order valence-corrected chi connectivity index (χ0v) is 12.4. The molecule has 1 aliphatic rings. The third kappa shape index (κ3) is 2.51. The minimum Gasteiger partial charge on any atom is -0.369 e. The Morgan fingerprint density at radius 3 is 2.86 bits per heavy atom. The molecule has 3 N–H and O–H groups in total. The van der Waals surface area contributed by atoms with E-state index in [0.717, 1.165) is 24.8 Å². The molecule has 1 fully saturated rings. The third-order valence-corrected chi connectivity index (χ3v) is 4.55. The number of benzene rings is 1. The summed E-state index contributed by atoms with van der Waals surface area (Å²) in [5.41, 5.74) is 6.06. The number of aromatic amines is 1. The van der Waals surface area contributed by atoms with Crippen molar-refractivity contribution in [1.29, 1.82) is 0 Å². The highest BCUT2D eigenvalue weighted by atomic mass is 32.1. The van der Waals surface area contributed by atoms with E-state index in [9.17, 15) is 9.59 Å². The molecule has 1 aliphatic carbocycles. The highest BCUT2D eigenvalue weighted by molar-refractivity contribution is 7.71. The Morgan fingerprint density at radius 2 is 2.10 bits per heavy atom. The zero-order valence-electron chi connectivity index (χ0n) is 11.5. The number of fused-ring (bicyclic) bond motifs is 1. The summed E-state index contributed by atoms with van der Waals surface area (Å²) in [6.07, 6.45) is 3.11. The number of amides is 1. The number of rotatable bonds is 2. The van der Waals surface area contributed by atoms with Gasteiger partial charge in [0.05, 0.1) is 10.9 Å². The van der Waals surface area contributed by atoms with Crippen molar-refractivity contribution in [2.45, 2.75) is 31.7 Å². The van der Waals surface area contributed by atoms with Crippen molar-refractivity contribution in [3.63, 3.8) is 0 Å². The van der Waals surface area contributed by atoms with E-state index in [1.165, 1.54) is 0 Å². The van der Waals surface area contributed by atoms with Gasteiger partial charge in [-0.05, 0) is 43.6 Å². The van der Waals surface area contributed by atoms with E-state index in [2.05, 4.69) is 4.98 Å². The molecule has 1 saturated carbocycles. The van der Waals surface area contributed by atoms with Gasteiger partial charge in [0.1, 0.15) is 0 Å². The number of hydrogen-bond donors (Lipinski definition) is 2. The Hall–Kier alpha value is -1.95. The van der Waals surface area contributed by atoms with Gasteiger partial charge < -0.3 is 10.7 Å². The number of primary amides is 1. The Kier molecular flexibility index (Phi) is 3.63. The minimum absolute atomic E-state index is 0.0582. The molecule has 2 atom stereocenters. The van der Waals surface area contributed by atoms with E-state index < -0.39 is 0 Å². The molecule has 3 rings (SSSR count). The molecular formula is C15H17N3O2S. The second kappa shape index (κ2) is 5.44. The van der Waals surface area contributed by atoms with Gasteiger partial charge in [0, 0.05) is 12.0 Å². The van der Waals surface area contributed by atoms with Crippen LogP contribution in [0.2, 0.25) is 0 Å². The quantitative estimate of drug-likeness (QED) is 0.835. The van der Waals surface area contributed by atoms with E-state index in [1.54, 1.807) is 10.6 Å². The van der Waals surface area contributed by atoms with Gasteiger partial charge in [0.15, 0.2) is 4.77 Å². The first-order valence-electron chi connectivity index (χ1n) is 7.11. The maximum absolute atomic E-state index is 12.7. The van der Waals surface area contributed by atoms with Gasteiger partial charge in [-0.3, -0.25) is 14.2 Å². The van der Waals surface area contributed by atoms with Crippen LogP contribution in [0.25, 0.3) is 10.9 Å². The minimum atomic E-state index is -0.288. The summed E-state index contributed by atoms with van der Waals surface area (Å²) in [6.45, 7) is 0. The van der Waals surface area contributed by atoms with Gasteiger partial charge in [0.25, 0.3) is 5.56 Å². The molecule has 0 unspecified atom stereocenters. The third-order valence-electron chi connectivity index (χ3n) is 4.25. The lowest BCUT2D eigenvalue weighted by Gasteiger charge is -2.28. The zero-order chi connectivity index (χ0) is 15.0. The number of carbonyl (C=O) groups excluding carboxylic acids is 1. The van der Waals surface area contributed by atoms with Crippen LogP contribution in [0.15, 0.2) is 29.1 Å². The molecule has 21 heavy (non-hydrogen) atoms. The molecule has 0 aliphatic heterocycles. The van der Waals surface area contributed by atoms with Gasteiger partial charge in [-0.15, -0.1) is 0 Å². The van der Waals surface area contributed by atoms with Crippen molar-refractivity contribution in [1.82, 2.24) is 9.55 Å². The fourth-order valence-corrected chi connectivity index (χ4v) is 3.51. The second-order valence-electron chi connectivity index (χ2n) is 5.57. The summed E-state index contributed by atoms with van der Waals surface area (Å²) in [7, 11) is 0. The Bertz CT molecular complexity index is 808. The number of carbonyl (C=O) groups is 1. The highest BCUT2D eigenvalue weighted by Gasteiger charge is 2.28. The first-order chi connectivity index (χ1) is 10.1. The molecular weight excluding hydrogens is 286 g/mol. The molecule has 1 heterocycles. The second-order valence-corrected chi connectivity index (χ2v) is 5.96. The van der Waals surface area contributed by atoms with Crippen LogP contribution in [0.5, 0.6) is 0 Å². The summed E-state index contributed by atoms with van der Waals surface area (Å²) in [5, 5.41) is 0.618. The van der Waals surface area contributed by atoms with Crippen molar-refractivity contribution in [3.8, 4) is 0 Å². The fraction of sp³-hybridized carbons (Fsp3) is 0.400. The molecule has 110 valence electrons. The first kappa shape index (κ1) is 14.0. The number of hydrogen-bond acceptors (Lipinski definition) is 3. The maximum atomic E-state index is 12.7. The first-order valence-corrected chi connectivity index (χ1v) is 7.51. The summed E-state index contributed by atoms with van der Waals surface area (Å²) in [6, 6.07) is 7.26. The van der Waals surface area contributed by atoms with Gasteiger partial charge in [0.2, 0.25) is 5.91 Å². The van der Waals surface area contributed by atoms with Crippen molar-refractivity contribution in [2.75, 3.05) is 0 Å². The molecule has 5 nitrogen and oxygen atoms in total. The molecule has 0 spiro atoms. The average Bonchev–Trinajstić information content (AvgIpc) is 2.47. The largest absolute Gasteiger partial charge is 0.369 e. The molecule has 0 saturated heterocycles. The topological polar surface area (TPSA) is 80.9 Å². The monoisotopic (exact) mass is 303 g/mol. The van der Waals surface area contributed by atoms with E-state index >= 15 is 0 Å². The van der Waals surface area contributed by atoms with E-state index in [0.29, 0.717) is 16.6 Å². The van der Waals surface area contributed by atoms with Crippen LogP contribution in [0.3, 0.4) is 0 Å². The van der Waals surface area contributed by atoms with Gasteiger partial charge >= 0.3 is 0 Å². The summed E-state index contributed by atoms with van der Waals surface area (Å²) < 4.78 is 2.03. The summed E-state index contributed by atoms with van der Waals surface area (Å²) in [5.74, 6) is -0.458. The number of nitrogens with zero attached hydrogens (tertiary/aromatic N) is 1. The van der Waals surface area contributed by atoms with Gasteiger partial charge in [-0.25, -0.2) is 0 Å². The molecule has 0 bridgehead atoms. The van der Waals surface area contributed by atoms with Crippen LogP contribution < -0.4 is 11.3 Å². The van der Waals surface area contributed by atoms with Crippen LogP contribution in [0.4, 0.5) is 0 Å².